The van der Waals surface area contributed by atoms with Crippen molar-refractivity contribution in [3.05, 3.63) is 251 Å². The van der Waals surface area contributed by atoms with E-state index < -0.39 is 52.4 Å². The first-order valence-electron chi connectivity index (χ1n) is 38.7. The molecule has 9 aromatic carbocycles. The molecule has 0 bridgehead atoms. The summed E-state index contributed by atoms with van der Waals surface area (Å²) in [5, 5.41) is 32.5. The van der Waals surface area contributed by atoms with Crippen LogP contribution in [-0.2, 0) is 63.7 Å². The van der Waals surface area contributed by atoms with E-state index in [9.17, 15) is 43.2 Å². The molecule has 3 atom stereocenters. The Balaban J connectivity index is 0.000000120. The lowest BCUT2D eigenvalue weighted by atomic mass is 9.88. The lowest BCUT2D eigenvalue weighted by Gasteiger charge is -2.31. The minimum Gasteiger partial charge on any atom is -0.497 e. The van der Waals surface area contributed by atoms with Gasteiger partial charge in [0, 0.05) is 77.8 Å². The molecule has 2 saturated carbocycles. The van der Waals surface area contributed by atoms with Crippen molar-refractivity contribution in [1.82, 2.24) is 75.9 Å². The van der Waals surface area contributed by atoms with Crippen LogP contribution in [0.5, 0.6) is 17.2 Å². The maximum absolute atomic E-state index is 13.2. The molecule has 3 saturated heterocycles. The molecule has 27 heteroatoms. The van der Waals surface area contributed by atoms with E-state index in [4.69, 9.17) is 19.3 Å². The van der Waals surface area contributed by atoms with Gasteiger partial charge in [0.1, 0.15) is 17.2 Å². The van der Waals surface area contributed by atoms with Gasteiger partial charge in [0.15, 0.2) is 16.6 Å². The predicted octanol–water partition coefficient (Wildman–Crippen LogP) is 11.6. The Morgan fingerprint density at radius 3 is 1.15 bits per heavy atom. The largest absolute Gasteiger partial charge is 0.497 e. The van der Waals surface area contributed by atoms with E-state index in [2.05, 4.69) is 103 Å². The van der Waals surface area contributed by atoms with Crippen LogP contribution >= 0.6 is 0 Å². The fourth-order valence-electron chi connectivity index (χ4n) is 16.7. The van der Waals surface area contributed by atoms with E-state index in [1.54, 1.807) is 60.3 Å². The molecule has 6 N–H and O–H groups in total. The van der Waals surface area contributed by atoms with Crippen LogP contribution < -0.4 is 46.1 Å². The quantitative estimate of drug-likeness (QED) is 0.0386. The Labute approximate surface area is 665 Å². The average Bonchev–Trinajstić information content (AvgIpc) is 1.55. The first-order chi connectivity index (χ1) is 56.1. The highest BCUT2D eigenvalue weighted by atomic mass is 16.5. The van der Waals surface area contributed by atoms with Gasteiger partial charge in [-0.3, -0.25) is 58.8 Å². The number of hydrogen-bond acceptors (Lipinski definition) is 15. The van der Waals surface area contributed by atoms with Crippen LogP contribution in [0.15, 0.2) is 201 Å². The number of ether oxygens (including phenoxy) is 3. The minimum atomic E-state index is -1.40. The van der Waals surface area contributed by atoms with Crippen LogP contribution in [0.1, 0.15) is 110 Å². The zero-order valence-corrected chi connectivity index (χ0v) is 64.2. The molecule has 3 aromatic heterocycles. The lowest BCUT2D eigenvalue weighted by Crippen LogP contribution is -2.52. The Morgan fingerprint density at radius 1 is 0.405 bits per heavy atom. The summed E-state index contributed by atoms with van der Waals surface area (Å²) < 4.78 is 21.9. The third-order valence-electron chi connectivity index (χ3n) is 23.4. The van der Waals surface area contributed by atoms with Crippen molar-refractivity contribution in [3.8, 4) is 50.6 Å². The second-order valence-corrected chi connectivity index (χ2v) is 31.3. The SMILES string of the molecule is COc1ccc2c(c1)C(=O)N(C[C@@]1(c3ccc(-c4ccc5c(cnn5C(C)C)c4)cc3)NC(=O)NC1=O)C2.COc1ccc2c(c1)C(=O)N(C[C@@]1(c3ccc(-c4ccc5c(cnn5CC5CC5)c4)cc3)NC(=O)NC1=O)C2.COc1ccc2c(c1)C(=O)N(C[C@@]1(c3ccc(-c4ccc5nn(CC6CC6)cc5c4)cc3)NC(=O)NC1=O)C2. The van der Waals surface area contributed by atoms with Gasteiger partial charge >= 0.3 is 18.1 Å². The van der Waals surface area contributed by atoms with Crippen LogP contribution in [0.4, 0.5) is 14.4 Å². The molecule has 116 heavy (non-hydrogen) atoms. The summed E-state index contributed by atoms with van der Waals surface area (Å²) >= 11 is 0. The van der Waals surface area contributed by atoms with E-state index in [1.165, 1.54) is 25.7 Å². The number of amides is 12. The number of benzene rings is 9. The summed E-state index contributed by atoms with van der Waals surface area (Å²) in [7, 11) is 4.65. The second-order valence-electron chi connectivity index (χ2n) is 31.3. The number of nitrogens with one attached hydrogen (secondary N) is 6. The minimum absolute atomic E-state index is 0.0000942. The molecule has 12 amide bonds. The highest BCUT2D eigenvalue weighted by Crippen LogP contribution is 2.41. The molecular formula is C89H81N15O12. The van der Waals surface area contributed by atoms with Crippen LogP contribution in [0.3, 0.4) is 0 Å². The first-order valence-corrected chi connectivity index (χ1v) is 38.7. The Kier molecular flexibility index (Phi) is 18.3. The zero-order chi connectivity index (χ0) is 80.1. The van der Waals surface area contributed by atoms with Gasteiger partial charge in [-0.05, 0) is 191 Å². The fraction of sp³-hybridized carbons (Fsp3) is 0.258. The number of methoxy groups -OCH3 is 3. The fourth-order valence-corrected chi connectivity index (χ4v) is 16.7. The maximum Gasteiger partial charge on any atom is 0.322 e. The highest BCUT2D eigenvalue weighted by molar-refractivity contribution is 6.11. The van der Waals surface area contributed by atoms with Crippen molar-refractivity contribution in [1.29, 1.82) is 0 Å². The molecule has 0 unspecified atom stereocenters. The van der Waals surface area contributed by atoms with E-state index in [0.717, 1.165) is 108 Å². The molecule has 5 fully saturated rings. The zero-order valence-electron chi connectivity index (χ0n) is 64.2. The molecule has 0 radical (unpaired) electrons. The van der Waals surface area contributed by atoms with Crippen molar-refractivity contribution < 1.29 is 57.4 Å². The third-order valence-corrected chi connectivity index (χ3v) is 23.4. The summed E-state index contributed by atoms with van der Waals surface area (Å²) in [6.07, 6.45) is 11.0. The Hall–Kier alpha value is -14.0. The molecule has 584 valence electrons. The molecule has 6 aliphatic heterocycles. The van der Waals surface area contributed by atoms with Gasteiger partial charge in [-0.2, -0.15) is 15.3 Å². The normalized spacial score (nSPS) is 19.8. The van der Waals surface area contributed by atoms with Crippen molar-refractivity contribution >= 4 is 86.2 Å². The van der Waals surface area contributed by atoms with Gasteiger partial charge in [0.2, 0.25) is 0 Å². The van der Waals surface area contributed by atoms with Crippen LogP contribution in [0, 0.1) is 11.8 Å². The first kappa shape index (κ1) is 73.5. The van der Waals surface area contributed by atoms with Gasteiger partial charge in [-0.15, -0.1) is 0 Å². The number of hydrogen-bond donors (Lipinski definition) is 6. The number of carbonyl (C=O) groups excluding carboxylic acids is 9. The van der Waals surface area contributed by atoms with Crippen LogP contribution in [0.2, 0.25) is 0 Å². The van der Waals surface area contributed by atoms with Crippen molar-refractivity contribution in [2.24, 2.45) is 11.8 Å². The number of imide groups is 3. The van der Waals surface area contributed by atoms with Gasteiger partial charge in [-0.25, -0.2) is 14.4 Å². The number of fused-ring (bicyclic) bond motifs is 6. The van der Waals surface area contributed by atoms with Gasteiger partial charge in [-0.1, -0.05) is 109 Å². The van der Waals surface area contributed by atoms with Gasteiger partial charge in [0.25, 0.3) is 35.4 Å². The highest BCUT2D eigenvalue weighted by Gasteiger charge is 2.54. The monoisotopic (exact) mass is 1550 g/mol. The molecule has 0 spiro atoms. The Morgan fingerprint density at radius 2 is 0.767 bits per heavy atom. The van der Waals surface area contributed by atoms with Gasteiger partial charge < -0.3 is 44.9 Å². The molecule has 20 rings (SSSR count). The standard InChI is InChI=1S/2C30H27N5O4.C29H27N5O4/c1-39-24-10-6-21-16-34(27(36)25(21)13-24)17-30(28(37)32-29(38)33-30)23-8-4-19(5-9-23)20-7-11-26-22(12-20)14-31-35(26)15-18-2-3-18;1-39-24-10-6-21-15-34(27(36)25(21)13-24)17-30(28(37)31-29(38)32-30)23-8-4-19(5-9-23)20-7-11-26-22(12-20)16-35(33-26)14-18-2-3-18;1-17(2)34-25-11-7-19(12-21(25)14-30-34)18-4-8-22(9-5-18)29(27(36)31-28(37)32-29)16-33-15-20-6-10-23(38-3)13-24(20)26(33)35/h4-14,18H,2-3,15-17H2,1H3,(H2,32,33,37,38);4-13,16,18H,2-3,14-15,17H2,1H3,(H2,31,32,37,38);4-14,17H,15-16H2,1-3H3,(H2,31,32,36,37)/t2*30-;29-/m000/s1. The molecule has 2 aliphatic carbocycles. The predicted molar refractivity (Wildman–Crippen MR) is 430 cm³/mol. The Bertz CT molecular complexity index is 5920. The molecule has 9 heterocycles. The van der Waals surface area contributed by atoms with E-state index in [1.807, 2.05) is 143 Å². The van der Waals surface area contributed by atoms with Gasteiger partial charge in [0.05, 0.1) is 69.9 Å². The lowest BCUT2D eigenvalue weighted by molar-refractivity contribution is -0.125. The van der Waals surface area contributed by atoms with Crippen molar-refractivity contribution in [3.63, 3.8) is 0 Å². The topological polar surface area (TPSA) is 317 Å². The number of rotatable bonds is 20. The smallest absolute Gasteiger partial charge is 0.322 e. The third kappa shape index (κ3) is 13.5. The summed E-state index contributed by atoms with van der Waals surface area (Å²) in [5.41, 5.74) is 11.0. The molecule has 8 aliphatic rings. The maximum atomic E-state index is 13.2. The molecule has 27 nitrogen and oxygen atoms in total. The van der Waals surface area contributed by atoms with Crippen molar-refractivity contribution in [2.75, 3.05) is 41.0 Å². The number of urea groups is 3. The van der Waals surface area contributed by atoms with E-state index in [-0.39, 0.29) is 43.4 Å². The average molecular weight is 1550 g/mol. The number of aromatic nitrogens is 6. The molecular weight excluding hydrogens is 1470 g/mol. The van der Waals surface area contributed by atoms with Crippen LogP contribution in [-0.4, -0.2) is 139 Å². The van der Waals surface area contributed by atoms with Crippen molar-refractivity contribution in [2.45, 2.75) is 94.9 Å². The summed E-state index contributed by atoms with van der Waals surface area (Å²) in [6, 6.07) is 56.0. The van der Waals surface area contributed by atoms with E-state index in [0.29, 0.717) is 70.3 Å². The molecule has 12 aromatic rings. The number of nitrogens with zero attached hydrogens (tertiary/aromatic N) is 9. The van der Waals surface area contributed by atoms with E-state index >= 15 is 0 Å². The summed E-state index contributed by atoms with van der Waals surface area (Å²) in [6.45, 7) is 7.16. The van der Waals surface area contributed by atoms with Crippen LogP contribution in [0.25, 0.3) is 66.1 Å². The summed E-state index contributed by atoms with van der Waals surface area (Å²) in [4.78, 5) is 121. The number of carbonyl (C=O) groups is 9. The second kappa shape index (κ2) is 28.9. The summed E-state index contributed by atoms with van der Waals surface area (Å²) in [5.74, 6) is 1.20.